The average molecular weight is 166 g/mol. The van der Waals surface area contributed by atoms with Crippen LogP contribution in [0.25, 0.3) is 0 Å². The summed E-state index contributed by atoms with van der Waals surface area (Å²) in [6.45, 7) is 2.33. The lowest BCUT2D eigenvalue weighted by Gasteiger charge is -2.33. The van der Waals surface area contributed by atoms with Crippen LogP contribution < -0.4 is 5.73 Å². The first kappa shape index (κ1) is 8.27. The van der Waals surface area contributed by atoms with Crippen molar-refractivity contribution in [3.8, 4) is 0 Å². The molecule has 0 bridgehead atoms. The second kappa shape index (κ2) is 3.58. The van der Waals surface area contributed by atoms with Crippen molar-refractivity contribution in [2.24, 2.45) is 5.73 Å². The molecule has 0 saturated heterocycles. The molecule has 0 aromatic carbocycles. The Balaban J connectivity index is 1.81. The zero-order chi connectivity index (χ0) is 8.39. The quantitative estimate of drug-likeness (QED) is 0.592. The Labute approximate surface area is 74.4 Å². The van der Waals surface area contributed by atoms with E-state index in [1.807, 2.05) is 0 Å². The van der Waals surface area contributed by atoms with E-state index in [0.29, 0.717) is 6.04 Å². The number of hydrogen-bond acceptors (Lipinski definition) is 2. The van der Waals surface area contributed by atoms with E-state index in [2.05, 4.69) is 17.1 Å². The fourth-order valence-corrected chi connectivity index (χ4v) is 2.26. The molecule has 1 saturated carbocycles. The van der Waals surface area contributed by atoms with Gasteiger partial charge in [-0.1, -0.05) is 12.2 Å². The molecule has 1 aliphatic heterocycles. The topological polar surface area (TPSA) is 29.3 Å². The van der Waals surface area contributed by atoms with Crippen molar-refractivity contribution in [3.63, 3.8) is 0 Å². The monoisotopic (exact) mass is 166 g/mol. The zero-order valence-electron chi connectivity index (χ0n) is 7.58. The van der Waals surface area contributed by atoms with Crippen molar-refractivity contribution < 1.29 is 0 Å². The van der Waals surface area contributed by atoms with Crippen LogP contribution in [-0.4, -0.2) is 30.1 Å². The average Bonchev–Trinajstić information content (AvgIpc) is 2.58. The molecular formula is C10H18N2. The smallest absolute Gasteiger partial charge is 0.0169 e. The van der Waals surface area contributed by atoms with Crippen LogP contribution in [0.3, 0.4) is 0 Å². The van der Waals surface area contributed by atoms with Crippen LogP contribution in [0.5, 0.6) is 0 Å². The van der Waals surface area contributed by atoms with Gasteiger partial charge in [0, 0.05) is 25.2 Å². The maximum atomic E-state index is 5.86. The van der Waals surface area contributed by atoms with Crippen molar-refractivity contribution in [3.05, 3.63) is 12.2 Å². The van der Waals surface area contributed by atoms with Gasteiger partial charge in [-0.3, -0.25) is 4.90 Å². The first-order valence-corrected chi connectivity index (χ1v) is 5.01. The summed E-state index contributed by atoms with van der Waals surface area (Å²) in [6.07, 6.45) is 9.61. The standard InChI is InChI=1S/C10H18N2/c11-9-3-5-10(6-4-9)12-7-1-2-8-12/h1-2,9-10H,3-8,11H2. The van der Waals surface area contributed by atoms with E-state index in [1.54, 1.807) is 0 Å². The Bertz CT molecular complexity index is 161. The van der Waals surface area contributed by atoms with E-state index in [0.717, 1.165) is 6.04 Å². The lowest BCUT2D eigenvalue weighted by atomic mass is 9.91. The predicted molar refractivity (Wildman–Crippen MR) is 50.9 cm³/mol. The van der Waals surface area contributed by atoms with Gasteiger partial charge in [0.25, 0.3) is 0 Å². The van der Waals surface area contributed by atoms with E-state index in [1.165, 1.54) is 38.8 Å². The molecule has 0 unspecified atom stereocenters. The van der Waals surface area contributed by atoms with E-state index in [4.69, 9.17) is 5.73 Å². The van der Waals surface area contributed by atoms with Gasteiger partial charge in [-0.25, -0.2) is 0 Å². The van der Waals surface area contributed by atoms with Gasteiger partial charge in [-0.2, -0.15) is 0 Å². The van der Waals surface area contributed by atoms with Crippen molar-refractivity contribution >= 4 is 0 Å². The summed E-state index contributed by atoms with van der Waals surface area (Å²) in [6, 6.07) is 1.30. The van der Waals surface area contributed by atoms with Crippen LogP contribution in [0.1, 0.15) is 25.7 Å². The summed E-state index contributed by atoms with van der Waals surface area (Å²) in [5.41, 5.74) is 5.86. The minimum absolute atomic E-state index is 0.483. The molecule has 2 rings (SSSR count). The number of nitrogens with two attached hydrogens (primary N) is 1. The molecule has 12 heavy (non-hydrogen) atoms. The molecule has 1 fully saturated rings. The lowest BCUT2D eigenvalue weighted by Crippen LogP contribution is -2.39. The largest absolute Gasteiger partial charge is 0.328 e. The van der Waals surface area contributed by atoms with Gasteiger partial charge in [0.05, 0.1) is 0 Å². The molecule has 0 aromatic rings. The van der Waals surface area contributed by atoms with E-state index in [-0.39, 0.29) is 0 Å². The maximum Gasteiger partial charge on any atom is 0.0169 e. The summed E-state index contributed by atoms with van der Waals surface area (Å²) in [5, 5.41) is 0. The van der Waals surface area contributed by atoms with Crippen molar-refractivity contribution in [1.82, 2.24) is 4.90 Å². The third-order valence-corrected chi connectivity index (χ3v) is 3.10. The van der Waals surface area contributed by atoms with Crippen molar-refractivity contribution in [1.29, 1.82) is 0 Å². The van der Waals surface area contributed by atoms with E-state index < -0.39 is 0 Å². The Morgan fingerprint density at radius 2 is 1.58 bits per heavy atom. The number of rotatable bonds is 1. The molecule has 2 N–H and O–H groups in total. The maximum absolute atomic E-state index is 5.86. The Hall–Kier alpha value is -0.340. The molecule has 0 atom stereocenters. The van der Waals surface area contributed by atoms with E-state index in [9.17, 15) is 0 Å². The summed E-state index contributed by atoms with van der Waals surface area (Å²) < 4.78 is 0. The van der Waals surface area contributed by atoms with Gasteiger partial charge < -0.3 is 5.73 Å². The van der Waals surface area contributed by atoms with Crippen LogP contribution in [0, 0.1) is 0 Å². The highest BCUT2D eigenvalue weighted by atomic mass is 15.2. The van der Waals surface area contributed by atoms with Crippen LogP contribution in [0.15, 0.2) is 12.2 Å². The van der Waals surface area contributed by atoms with Gasteiger partial charge in [-0.15, -0.1) is 0 Å². The molecule has 2 aliphatic rings. The summed E-state index contributed by atoms with van der Waals surface area (Å²) >= 11 is 0. The Morgan fingerprint density at radius 3 is 2.17 bits per heavy atom. The molecular weight excluding hydrogens is 148 g/mol. The zero-order valence-corrected chi connectivity index (χ0v) is 7.58. The molecule has 2 nitrogen and oxygen atoms in total. The molecule has 0 amide bonds. The Morgan fingerprint density at radius 1 is 1.00 bits per heavy atom. The third kappa shape index (κ3) is 1.70. The summed E-state index contributed by atoms with van der Waals surface area (Å²) in [5.74, 6) is 0. The highest BCUT2D eigenvalue weighted by Gasteiger charge is 2.23. The normalized spacial score (nSPS) is 37.4. The number of hydrogen-bond donors (Lipinski definition) is 1. The molecule has 68 valence electrons. The Kier molecular flexibility index (Phi) is 2.47. The van der Waals surface area contributed by atoms with Crippen LogP contribution in [0.4, 0.5) is 0 Å². The first-order chi connectivity index (χ1) is 5.86. The number of nitrogens with zero attached hydrogens (tertiary/aromatic N) is 1. The highest BCUT2D eigenvalue weighted by molar-refractivity contribution is 4.98. The first-order valence-electron chi connectivity index (χ1n) is 5.01. The van der Waals surface area contributed by atoms with Crippen LogP contribution >= 0.6 is 0 Å². The molecule has 0 spiro atoms. The fraction of sp³-hybridized carbons (Fsp3) is 0.800. The van der Waals surface area contributed by atoms with Crippen LogP contribution in [-0.2, 0) is 0 Å². The fourth-order valence-electron chi connectivity index (χ4n) is 2.26. The van der Waals surface area contributed by atoms with Gasteiger partial charge in [0.1, 0.15) is 0 Å². The predicted octanol–water partition coefficient (Wildman–Crippen LogP) is 1.13. The molecule has 1 aliphatic carbocycles. The van der Waals surface area contributed by atoms with Crippen molar-refractivity contribution in [2.75, 3.05) is 13.1 Å². The minimum Gasteiger partial charge on any atom is -0.328 e. The van der Waals surface area contributed by atoms with Crippen LogP contribution in [0.2, 0.25) is 0 Å². The molecule has 1 heterocycles. The van der Waals surface area contributed by atoms with Gasteiger partial charge >= 0.3 is 0 Å². The van der Waals surface area contributed by atoms with E-state index >= 15 is 0 Å². The van der Waals surface area contributed by atoms with Gasteiger partial charge in [-0.05, 0) is 25.7 Å². The van der Waals surface area contributed by atoms with Gasteiger partial charge in [0.15, 0.2) is 0 Å². The lowest BCUT2D eigenvalue weighted by molar-refractivity contribution is 0.189. The van der Waals surface area contributed by atoms with Crippen molar-refractivity contribution in [2.45, 2.75) is 37.8 Å². The minimum atomic E-state index is 0.483. The SMILES string of the molecule is NC1CCC(N2CC=CC2)CC1. The summed E-state index contributed by atoms with van der Waals surface area (Å²) in [4.78, 5) is 2.56. The molecule has 2 heteroatoms. The second-order valence-electron chi connectivity index (χ2n) is 3.99. The van der Waals surface area contributed by atoms with Gasteiger partial charge in [0.2, 0.25) is 0 Å². The summed E-state index contributed by atoms with van der Waals surface area (Å²) in [7, 11) is 0. The molecule has 0 radical (unpaired) electrons. The highest BCUT2D eigenvalue weighted by Crippen LogP contribution is 2.23. The molecule has 0 aromatic heterocycles. The third-order valence-electron chi connectivity index (χ3n) is 3.10. The second-order valence-corrected chi connectivity index (χ2v) is 3.99.